The molecule has 0 bridgehead atoms. The topological polar surface area (TPSA) is 83.5 Å². The summed E-state index contributed by atoms with van der Waals surface area (Å²) in [6.45, 7) is 3.64. The van der Waals surface area contributed by atoms with Gasteiger partial charge in [0.05, 0.1) is 18.8 Å². The maximum atomic E-state index is 11.3. The SMILES string of the molecule is COC(=O)c1ccnc(NCCNCC(C)O)c1. The van der Waals surface area contributed by atoms with E-state index in [9.17, 15) is 4.79 Å². The average Bonchev–Trinajstić information content (AvgIpc) is 2.37. The van der Waals surface area contributed by atoms with Crippen molar-refractivity contribution < 1.29 is 14.6 Å². The second-order valence-electron chi connectivity index (χ2n) is 3.90. The van der Waals surface area contributed by atoms with Crippen LogP contribution in [0.5, 0.6) is 0 Å². The van der Waals surface area contributed by atoms with Gasteiger partial charge in [-0.25, -0.2) is 9.78 Å². The second-order valence-corrected chi connectivity index (χ2v) is 3.90. The standard InChI is InChI=1S/C12H19N3O3/c1-9(16)8-13-5-6-15-11-7-10(3-4-14-11)12(17)18-2/h3-4,7,9,13,16H,5-6,8H2,1-2H3,(H,14,15). The van der Waals surface area contributed by atoms with Gasteiger partial charge in [0, 0.05) is 25.8 Å². The number of anilines is 1. The molecular weight excluding hydrogens is 234 g/mol. The van der Waals surface area contributed by atoms with E-state index < -0.39 is 0 Å². The number of pyridine rings is 1. The third-order valence-electron chi connectivity index (χ3n) is 2.23. The fourth-order valence-electron chi connectivity index (χ4n) is 1.36. The van der Waals surface area contributed by atoms with Gasteiger partial charge >= 0.3 is 5.97 Å². The van der Waals surface area contributed by atoms with Crippen molar-refractivity contribution in [3.63, 3.8) is 0 Å². The molecule has 18 heavy (non-hydrogen) atoms. The van der Waals surface area contributed by atoms with Crippen LogP contribution in [0.2, 0.25) is 0 Å². The lowest BCUT2D eigenvalue weighted by Crippen LogP contribution is -2.29. The highest BCUT2D eigenvalue weighted by Crippen LogP contribution is 2.07. The average molecular weight is 253 g/mol. The van der Waals surface area contributed by atoms with E-state index in [0.29, 0.717) is 31.0 Å². The first kappa shape index (κ1) is 14.4. The van der Waals surface area contributed by atoms with E-state index in [-0.39, 0.29) is 12.1 Å². The molecule has 0 aliphatic rings. The summed E-state index contributed by atoms with van der Waals surface area (Å²) in [5.74, 6) is 0.240. The number of carbonyl (C=O) groups is 1. The Labute approximate surface area is 106 Å². The number of aromatic nitrogens is 1. The monoisotopic (exact) mass is 253 g/mol. The van der Waals surface area contributed by atoms with Gasteiger partial charge in [-0.2, -0.15) is 0 Å². The van der Waals surface area contributed by atoms with E-state index in [2.05, 4.69) is 20.4 Å². The zero-order valence-electron chi connectivity index (χ0n) is 10.6. The van der Waals surface area contributed by atoms with Crippen molar-refractivity contribution >= 4 is 11.8 Å². The van der Waals surface area contributed by atoms with Crippen LogP contribution in [-0.4, -0.2) is 48.9 Å². The fourth-order valence-corrected chi connectivity index (χ4v) is 1.36. The van der Waals surface area contributed by atoms with Crippen LogP contribution in [0, 0.1) is 0 Å². The number of esters is 1. The number of nitrogens with one attached hydrogen (secondary N) is 2. The molecule has 1 unspecified atom stereocenters. The summed E-state index contributed by atoms with van der Waals surface area (Å²) in [4.78, 5) is 15.4. The summed E-state index contributed by atoms with van der Waals surface area (Å²) < 4.78 is 4.63. The number of nitrogens with zero attached hydrogens (tertiary/aromatic N) is 1. The van der Waals surface area contributed by atoms with Crippen molar-refractivity contribution in [3.05, 3.63) is 23.9 Å². The zero-order chi connectivity index (χ0) is 13.4. The molecule has 0 fully saturated rings. The minimum atomic E-state index is -0.382. The summed E-state index contributed by atoms with van der Waals surface area (Å²) >= 11 is 0. The van der Waals surface area contributed by atoms with Crippen molar-refractivity contribution in [1.29, 1.82) is 0 Å². The lowest BCUT2D eigenvalue weighted by atomic mass is 10.2. The van der Waals surface area contributed by atoms with Crippen molar-refractivity contribution in [2.75, 3.05) is 32.1 Å². The first-order valence-electron chi connectivity index (χ1n) is 5.80. The second kappa shape index (κ2) is 7.62. The molecule has 0 radical (unpaired) electrons. The van der Waals surface area contributed by atoms with Gasteiger partial charge in [-0.3, -0.25) is 0 Å². The molecule has 100 valence electrons. The molecule has 1 atom stereocenters. The summed E-state index contributed by atoms with van der Waals surface area (Å²) in [5.41, 5.74) is 0.465. The first-order valence-corrected chi connectivity index (χ1v) is 5.80. The minimum Gasteiger partial charge on any atom is -0.465 e. The summed E-state index contributed by atoms with van der Waals surface area (Å²) in [6.07, 6.45) is 1.20. The summed E-state index contributed by atoms with van der Waals surface area (Å²) in [7, 11) is 1.34. The van der Waals surface area contributed by atoms with Gasteiger partial charge in [0.15, 0.2) is 0 Å². The molecule has 0 spiro atoms. The Balaban J connectivity index is 2.36. The molecule has 6 heteroatoms. The maximum absolute atomic E-state index is 11.3. The molecule has 0 aliphatic heterocycles. The summed E-state index contributed by atoms with van der Waals surface area (Å²) in [6, 6.07) is 3.24. The Hall–Kier alpha value is -1.66. The van der Waals surface area contributed by atoms with Crippen LogP contribution in [0.25, 0.3) is 0 Å². The van der Waals surface area contributed by atoms with E-state index in [0.717, 1.165) is 0 Å². The van der Waals surface area contributed by atoms with Crippen molar-refractivity contribution in [3.8, 4) is 0 Å². The Morgan fingerprint density at radius 3 is 3.00 bits per heavy atom. The highest BCUT2D eigenvalue weighted by molar-refractivity contribution is 5.89. The minimum absolute atomic E-state index is 0.356. The van der Waals surface area contributed by atoms with Gasteiger partial charge in [0.2, 0.25) is 0 Å². The van der Waals surface area contributed by atoms with Crippen LogP contribution in [0.4, 0.5) is 5.82 Å². The lowest BCUT2D eigenvalue weighted by Gasteiger charge is -2.09. The van der Waals surface area contributed by atoms with Crippen LogP contribution >= 0.6 is 0 Å². The van der Waals surface area contributed by atoms with E-state index in [1.54, 1.807) is 25.3 Å². The number of ether oxygens (including phenoxy) is 1. The van der Waals surface area contributed by atoms with Gasteiger partial charge in [-0.1, -0.05) is 0 Å². The van der Waals surface area contributed by atoms with Gasteiger partial charge < -0.3 is 20.5 Å². The molecule has 1 heterocycles. The van der Waals surface area contributed by atoms with Crippen LogP contribution in [0.3, 0.4) is 0 Å². The molecule has 0 aromatic carbocycles. The molecule has 0 aliphatic carbocycles. The number of rotatable bonds is 7. The number of methoxy groups -OCH3 is 1. The molecule has 1 aromatic rings. The molecule has 0 amide bonds. The van der Waals surface area contributed by atoms with E-state index >= 15 is 0 Å². The van der Waals surface area contributed by atoms with Crippen molar-refractivity contribution in [2.45, 2.75) is 13.0 Å². The Bertz CT molecular complexity index is 383. The highest BCUT2D eigenvalue weighted by Gasteiger charge is 2.05. The molecule has 6 nitrogen and oxygen atoms in total. The number of carbonyl (C=O) groups excluding carboxylic acids is 1. The molecule has 0 saturated heterocycles. The molecule has 0 saturated carbocycles. The third kappa shape index (κ3) is 5.11. The Morgan fingerprint density at radius 1 is 1.56 bits per heavy atom. The summed E-state index contributed by atoms with van der Waals surface area (Å²) in [5, 5.41) is 15.2. The van der Waals surface area contributed by atoms with E-state index in [4.69, 9.17) is 5.11 Å². The number of hydrogen-bond acceptors (Lipinski definition) is 6. The largest absolute Gasteiger partial charge is 0.465 e. The molecular formula is C12H19N3O3. The quantitative estimate of drug-likeness (QED) is 0.477. The van der Waals surface area contributed by atoms with Crippen LogP contribution < -0.4 is 10.6 Å². The molecule has 1 rings (SSSR count). The zero-order valence-corrected chi connectivity index (χ0v) is 10.6. The van der Waals surface area contributed by atoms with Gasteiger partial charge in [-0.05, 0) is 19.1 Å². The van der Waals surface area contributed by atoms with Crippen molar-refractivity contribution in [2.24, 2.45) is 0 Å². The maximum Gasteiger partial charge on any atom is 0.338 e. The van der Waals surface area contributed by atoms with Gasteiger partial charge in [-0.15, -0.1) is 0 Å². The highest BCUT2D eigenvalue weighted by atomic mass is 16.5. The van der Waals surface area contributed by atoms with E-state index in [1.165, 1.54) is 7.11 Å². The first-order chi connectivity index (χ1) is 8.63. The van der Waals surface area contributed by atoms with Gasteiger partial charge in [0.1, 0.15) is 5.82 Å². The normalized spacial score (nSPS) is 11.9. The third-order valence-corrected chi connectivity index (χ3v) is 2.23. The van der Waals surface area contributed by atoms with E-state index in [1.807, 2.05) is 0 Å². The fraction of sp³-hybridized carbons (Fsp3) is 0.500. The number of hydrogen-bond donors (Lipinski definition) is 3. The van der Waals surface area contributed by atoms with Crippen LogP contribution in [0.15, 0.2) is 18.3 Å². The Kier molecular flexibility index (Phi) is 6.10. The van der Waals surface area contributed by atoms with Crippen LogP contribution in [-0.2, 0) is 4.74 Å². The molecule has 1 aromatic heterocycles. The predicted octanol–water partition coefficient (Wildman–Crippen LogP) is 0.250. The van der Waals surface area contributed by atoms with Crippen molar-refractivity contribution in [1.82, 2.24) is 10.3 Å². The predicted molar refractivity (Wildman–Crippen MR) is 68.6 cm³/mol. The molecule has 3 N–H and O–H groups in total. The Morgan fingerprint density at radius 2 is 2.33 bits per heavy atom. The number of aliphatic hydroxyl groups excluding tert-OH is 1. The lowest BCUT2D eigenvalue weighted by molar-refractivity contribution is 0.0600. The smallest absolute Gasteiger partial charge is 0.338 e. The number of aliphatic hydroxyl groups is 1. The van der Waals surface area contributed by atoms with Gasteiger partial charge in [0.25, 0.3) is 0 Å². The van der Waals surface area contributed by atoms with Crippen LogP contribution in [0.1, 0.15) is 17.3 Å².